The maximum Gasteiger partial charge on any atom is 0.267 e. The number of fused-ring (bicyclic) bond motifs is 1. The van der Waals surface area contributed by atoms with Gasteiger partial charge in [0.15, 0.2) is 5.69 Å². The first kappa shape index (κ1) is 15.8. The van der Waals surface area contributed by atoms with Gasteiger partial charge in [0, 0.05) is 12.6 Å². The summed E-state index contributed by atoms with van der Waals surface area (Å²) in [5, 5.41) is 13.5. The fourth-order valence-electron chi connectivity index (χ4n) is 3.79. The predicted octanol–water partition coefficient (Wildman–Crippen LogP) is 1.45. The summed E-state index contributed by atoms with van der Waals surface area (Å²) < 4.78 is 1.62. The Labute approximate surface area is 145 Å². The molecule has 7 nitrogen and oxygen atoms in total. The number of nitrogens with zero attached hydrogens (tertiary/aromatic N) is 6. The van der Waals surface area contributed by atoms with Crippen LogP contribution in [0.25, 0.3) is 0 Å². The predicted molar refractivity (Wildman–Crippen MR) is 92.3 cm³/mol. The summed E-state index contributed by atoms with van der Waals surface area (Å²) in [5.74, 6) is 0.757. The van der Waals surface area contributed by atoms with Gasteiger partial charge in [-0.2, -0.15) is 10.4 Å². The smallest absolute Gasteiger partial charge is 0.267 e. The van der Waals surface area contributed by atoms with Crippen molar-refractivity contribution in [2.45, 2.75) is 51.1 Å². The van der Waals surface area contributed by atoms with E-state index in [2.05, 4.69) is 20.0 Å². The van der Waals surface area contributed by atoms with E-state index in [1.807, 2.05) is 6.07 Å². The maximum absolute atomic E-state index is 12.4. The SMILES string of the molecule is N#Cc1cnc(N2CCCC2Cn2nc3c(cc2=O)CCCC3)cn1. The molecule has 0 aromatic carbocycles. The van der Waals surface area contributed by atoms with Gasteiger partial charge < -0.3 is 4.90 Å². The quantitative estimate of drug-likeness (QED) is 0.843. The average Bonchev–Trinajstić information content (AvgIpc) is 3.10. The van der Waals surface area contributed by atoms with Crippen LogP contribution in [0, 0.1) is 11.3 Å². The van der Waals surface area contributed by atoms with Crippen LogP contribution in [0.1, 0.15) is 42.6 Å². The highest BCUT2D eigenvalue weighted by molar-refractivity contribution is 5.40. The van der Waals surface area contributed by atoms with Crippen LogP contribution in [-0.2, 0) is 19.4 Å². The third-order valence-electron chi connectivity index (χ3n) is 5.08. The summed E-state index contributed by atoms with van der Waals surface area (Å²) in [4.78, 5) is 23.1. The van der Waals surface area contributed by atoms with Crippen molar-refractivity contribution in [3.8, 4) is 6.07 Å². The van der Waals surface area contributed by atoms with Crippen molar-refractivity contribution in [3.05, 3.63) is 45.8 Å². The molecule has 25 heavy (non-hydrogen) atoms. The van der Waals surface area contributed by atoms with Gasteiger partial charge in [-0.1, -0.05) is 0 Å². The first-order valence-corrected chi connectivity index (χ1v) is 8.83. The molecule has 1 aliphatic carbocycles. The first-order valence-electron chi connectivity index (χ1n) is 8.83. The van der Waals surface area contributed by atoms with Crippen LogP contribution in [-0.4, -0.2) is 32.3 Å². The third-order valence-corrected chi connectivity index (χ3v) is 5.08. The fourth-order valence-corrected chi connectivity index (χ4v) is 3.79. The molecule has 3 heterocycles. The van der Waals surface area contributed by atoms with Crippen LogP contribution in [0.5, 0.6) is 0 Å². The minimum atomic E-state index is -0.0154. The van der Waals surface area contributed by atoms with E-state index in [9.17, 15) is 4.79 Å². The molecule has 2 aromatic rings. The van der Waals surface area contributed by atoms with E-state index in [1.54, 1.807) is 16.9 Å². The van der Waals surface area contributed by atoms with Gasteiger partial charge in [0.25, 0.3) is 5.56 Å². The highest BCUT2D eigenvalue weighted by Crippen LogP contribution is 2.24. The molecular formula is C18H20N6O. The zero-order valence-electron chi connectivity index (χ0n) is 14.1. The van der Waals surface area contributed by atoms with E-state index in [-0.39, 0.29) is 11.6 Å². The number of hydrogen-bond acceptors (Lipinski definition) is 6. The summed E-state index contributed by atoms with van der Waals surface area (Å²) in [5.41, 5.74) is 2.49. The number of nitriles is 1. The molecule has 1 aliphatic heterocycles. The summed E-state index contributed by atoms with van der Waals surface area (Å²) in [6.45, 7) is 1.44. The molecule has 1 unspecified atom stereocenters. The van der Waals surface area contributed by atoms with Gasteiger partial charge in [-0.15, -0.1) is 0 Å². The number of rotatable bonds is 3. The fraction of sp³-hybridized carbons (Fsp3) is 0.500. The van der Waals surface area contributed by atoms with Crippen molar-refractivity contribution in [3.63, 3.8) is 0 Å². The van der Waals surface area contributed by atoms with Crippen LogP contribution < -0.4 is 10.5 Å². The zero-order chi connectivity index (χ0) is 17.2. The molecule has 2 aliphatic rings. The summed E-state index contributed by atoms with van der Waals surface area (Å²) in [7, 11) is 0. The molecule has 0 N–H and O–H groups in total. The second-order valence-corrected chi connectivity index (χ2v) is 6.70. The first-order chi connectivity index (χ1) is 12.2. The van der Waals surface area contributed by atoms with Crippen LogP contribution in [0.4, 0.5) is 5.82 Å². The van der Waals surface area contributed by atoms with Gasteiger partial charge in [-0.05, 0) is 44.1 Å². The van der Waals surface area contributed by atoms with Gasteiger partial charge in [0.05, 0.1) is 30.7 Å². The Morgan fingerprint density at radius 3 is 2.88 bits per heavy atom. The Hall–Kier alpha value is -2.75. The molecule has 7 heteroatoms. The molecule has 1 fully saturated rings. The molecule has 0 saturated carbocycles. The van der Waals surface area contributed by atoms with Gasteiger partial charge in [0.1, 0.15) is 11.9 Å². The Morgan fingerprint density at radius 1 is 1.20 bits per heavy atom. The number of anilines is 1. The van der Waals surface area contributed by atoms with Crippen molar-refractivity contribution in [1.29, 1.82) is 5.26 Å². The number of hydrogen-bond donors (Lipinski definition) is 0. The lowest BCUT2D eigenvalue weighted by molar-refractivity contribution is 0.472. The molecule has 2 aromatic heterocycles. The zero-order valence-corrected chi connectivity index (χ0v) is 14.1. The van der Waals surface area contributed by atoms with Gasteiger partial charge >= 0.3 is 0 Å². The summed E-state index contributed by atoms with van der Waals surface area (Å²) in [6.07, 6.45) is 9.40. The second-order valence-electron chi connectivity index (χ2n) is 6.70. The molecule has 0 radical (unpaired) electrons. The number of aromatic nitrogens is 4. The monoisotopic (exact) mass is 336 g/mol. The molecular weight excluding hydrogens is 316 g/mol. The van der Waals surface area contributed by atoms with Crippen LogP contribution in [0.15, 0.2) is 23.3 Å². The van der Waals surface area contributed by atoms with Gasteiger partial charge in [-0.3, -0.25) is 4.79 Å². The van der Waals surface area contributed by atoms with Crippen molar-refractivity contribution < 1.29 is 0 Å². The average molecular weight is 336 g/mol. The Balaban J connectivity index is 1.57. The molecule has 4 rings (SSSR count). The molecule has 1 saturated heterocycles. The Kier molecular flexibility index (Phi) is 4.18. The Bertz CT molecular complexity index is 867. The van der Waals surface area contributed by atoms with E-state index in [4.69, 9.17) is 5.26 Å². The van der Waals surface area contributed by atoms with E-state index in [0.717, 1.165) is 62.1 Å². The van der Waals surface area contributed by atoms with E-state index < -0.39 is 0 Å². The van der Waals surface area contributed by atoms with Gasteiger partial charge in [0.2, 0.25) is 0 Å². The van der Waals surface area contributed by atoms with E-state index >= 15 is 0 Å². The maximum atomic E-state index is 12.4. The van der Waals surface area contributed by atoms with Crippen molar-refractivity contribution >= 4 is 5.82 Å². The lowest BCUT2D eigenvalue weighted by atomic mass is 9.97. The third kappa shape index (κ3) is 3.12. The molecule has 128 valence electrons. The van der Waals surface area contributed by atoms with Crippen LogP contribution in [0.3, 0.4) is 0 Å². The number of aryl methyl sites for hydroxylation is 2. The molecule has 0 amide bonds. The standard InChI is InChI=1S/C18H20N6O/c19-9-14-10-21-17(11-20-14)23-7-3-5-15(23)12-24-18(25)8-13-4-1-2-6-16(13)22-24/h8,10-11,15H,1-7,12H2. The Morgan fingerprint density at radius 2 is 2.08 bits per heavy atom. The van der Waals surface area contributed by atoms with Crippen molar-refractivity contribution in [1.82, 2.24) is 19.7 Å². The molecule has 0 bridgehead atoms. The lowest BCUT2D eigenvalue weighted by Crippen LogP contribution is -2.38. The second kappa shape index (κ2) is 6.63. The highest BCUT2D eigenvalue weighted by Gasteiger charge is 2.27. The normalized spacial score (nSPS) is 19.5. The van der Waals surface area contributed by atoms with E-state index in [0.29, 0.717) is 12.2 Å². The van der Waals surface area contributed by atoms with Crippen molar-refractivity contribution in [2.24, 2.45) is 0 Å². The lowest BCUT2D eigenvalue weighted by Gasteiger charge is -2.26. The van der Waals surface area contributed by atoms with Crippen LogP contribution >= 0.6 is 0 Å². The van der Waals surface area contributed by atoms with Crippen molar-refractivity contribution in [2.75, 3.05) is 11.4 Å². The van der Waals surface area contributed by atoms with Crippen LogP contribution in [0.2, 0.25) is 0 Å². The summed E-state index contributed by atoms with van der Waals surface area (Å²) in [6, 6.07) is 3.93. The van der Waals surface area contributed by atoms with E-state index in [1.165, 1.54) is 6.20 Å². The van der Waals surface area contributed by atoms with Gasteiger partial charge in [-0.25, -0.2) is 14.6 Å². The minimum Gasteiger partial charge on any atom is -0.350 e. The molecule has 0 spiro atoms. The largest absolute Gasteiger partial charge is 0.350 e. The minimum absolute atomic E-state index is 0.0154. The molecule has 1 atom stereocenters. The summed E-state index contributed by atoms with van der Waals surface area (Å²) >= 11 is 0. The highest BCUT2D eigenvalue weighted by atomic mass is 16.1. The topological polar surface area (TPSA) is 87.7 Å².